The molecule has 0 spiro atoms. The predicted octanol–water partition coefficient (Wildman–Crippen LogP) is 5.23. The lowest BCUT2D eigenvalue weighted by Gasteiger charge is -2.41. The first-order valence-corrected chi connectivity index (χ1v) is 19.7. The van der Waals surface area contributed by atoms with E-state index in [1.807, 2.05) is 0 Å². The number of allylic oxidation sites excluding steroid dienone is 4. The second-order valence-electron chi connectivity index (χ2n) is 14.6. The summed E-state index contributed by atoms with van der Waals surface area (Å²) in [5.74, 6) is 0.135. The molecule has 0 bridgehead atoms. The van der Waals surface area contributed by atoms with E-state index in [2.05, 4.69) is 63.3 Å². The summed E-state index contributed by atoms with van der Waals surface area (Å²) in [5, 5.41) is 1.03. The van der Waals surface area contributed by atoms with Crippen molar-refractivity contribution in [3.8, 4) is 5.75 Å². The smallest absolute Gasteiger partial charge is 0.303 e. The second kappa shape index (κ2) is 13.4. The van der Waals surface area contributed by atoms with Crippen molar-refractivity contribution in [2.45, 2.75) is 89.6 Å². The number of amides is 2. The molecule has 49 heavy (non-hydrogen) atoms. The number of piperazine rings is 1. The summed E-state index contributed by atoms with van der Waals surface area (Å²) in [6.45, 7) is 8.07. The molecule has 1 saturated carbocycles. The zero-order chi connectivity index (χ0) is 34.6. The van der Waals surface area contributed by atoms with Gasteiger partial charge in [0.25, 0.3) is 5.91 Å². The number of hydrogen-bond donors (Lipinski definition) is 1. The van der Waals surface area contributed by atoms with E-state index in [-0.39, 0.29) is 17.7 Å². The molecule has 1 unspecified atom stereocenters. The van der Waals surface area contributed by atoms with E-state index in [1.165, 1.54) is 38.9 Å². The first kappa shape index (κ1) is 34.1. The Morgan fingerprint density at radius 3 is 2.41 bits per heavy atom. The van der Waals surface area contributed by atoms with Crippen LogP contribution in [0, 0.1) is 5.92 Å². The molecule has 5 aliphatic rings. The number of hydrogen-bond acceptors (Lipinski definition) is 6. The van der Waals surface area contributed by atoms with Gasteiger partial charge in [-0.2, -0.15) is 12.7 Å². The monoisotopic (exact) mass is 689 g/mol. The van der Waals surface area contributed by atoms with Crippen LogP contribution in [0.25, 0.3) is 10.9 Å². The number of benzene rings is 1. The van der Waals surface area contributed by atoms with E-state index in [0.29, 0.717) is 43.6 Å². The molecule has 2 fully saturated rings. The van der Waals surface area contributed by atoms with Gasteiger partial charge in [0.15, 0.2) is 0 Å². The fraction of sp³-hybridized carbons (Fsp3) is 0.579. The van der Waals surface area contributed by atoms with Gasteiger partial charge in [0.05, 0.1) is 24.1 Å². The number of carbonyl (C=O) groups excluding carboxylic acids is 2. The number of aromatic nitrogens is 1. The lowest BCUT2D eigenvalue weighted by Crippen LogP contribution is -2.53. The Morgan fingerprint density at radius 2 is 1.76 bits per heavy atom. The molecule has 2 aliphatic heterocycles. The number of ether oxygens (including phenoxy) is 1. The molecule has 7 rings (SSSR count). The molecular weight excluding hydrogens is 639 g/mol. The van der Waals surface area contributed by atoms with E-state index in [1.54, 1.807) is 7.11 Å². The molecule has 1 N–H and O–H groups in total. The summed E-state index contributed by atoms with van der Waals surface area (Å²) in [5.41, 5.74) is 6.48. The van der Waals surface area contributed by atoms with E-state index in [0.717, 1.165) is 82.1 Å². The summed E-state index contributed by atoms with van der Waals surface area (Å²) >= 11 is 0. The highest BCUT2D eigenvalue weighted by Crippen LogP contribution is 2.55. The zero-order valence-electron chi connectivity index (χ0n) is 29.6. The molecule has 3 aliphatic carbocycles. The summed E-state index contributed by atoms with van der Waals surface area (Å²) < 4.78 is 37.0. The highest BCUT2D eigenvalue weighted by atomic mass is 32.2. The quantitative estimate of drug-likeness (QED) is 0.387. The summed E-state index contributed by atoms with van der Waals surface area (Å²) in [6.07, 6.45) is 12.9. The molecular formula is C38H51N5O5S. The number of fused-ring (bicyclic) bond motifs is 6. The van der Waals surface area contributed by atoms with Crippen molar-refractivity contribution < 1.29 is 22.7 Å². The molecule has 0 radical (unpaired) electrons. The highest BCUT2D eigenvalue weighted by Gasteiger charge is 2.48. The van der Waals surface area contributed by atoms with Crippen LogP contribution in [0.2, 0.25) is 0 Å². The largest absolute Gasteiger partial charge is 0.496 e. The number of carbonyl (C=O) groups is 2. The Labute approximate surface area is 291 Å². The Hall–Kier alpha value is -3.41. The van der Waals surface area contributed by atoms with Gasteiger partial charge in [-0.1, -0.05) is 51.3 Å². The van der Waals surface area contributed by atoms with Crippen LogP contribution in [0.5, 0.6) is 5.75 Å². The van der Waals surface area contributed by atoms with Crippen molar-refractivity contribution in [2.24, 2.45) is 5.92 Å². The number of rotatable bonds is 9. The fourth-order valence-electron chi connectivity index (χ4n) is 9.12. The standard InChI is InChI=1S/C38H51N5O5S/c1-6-25(7-2)41-18-20-42(21-19-41)38(45)28-15-11-14-27-33(28)31-22-29-32(48-5)17-16-26(24-12-9-8-10-13-24)36(29)43(31)23-30-34(27)35(30)37(44)39-49(46,47)40(3)4/h11,14,16-17,22,24-25,28,33H,6-10,12-13,15,18-21,23H2,1-5H3,(H,39,44)/t28-,33?/m1/s1. The molecule has 3 heterocycles. The number of nitrogens with one attached hydrogen (secondary N) is 1. The van der Waals surface area contributed by atoms with E-state index in [9.17, 15) is 18.0 Å². The lowest BCUT2D eigenvalue weighted by molar-refractivity contribution is -0.138. The van der Waals surface area contributed by atoms with Gasteiger partial charge < -0.3 is 14.2 Å². The molecule has 11 heteroatoms. The van der Waals surface area contributed by atoms with Crippen LogP contribution in [0.1, 0.15) is 88.3 Å². The van der Waals surface area contributed by atoms with Crippen LogP contribution < -0.4 is 9.46 Å². The van der Waals surface area contributed by atoms with Crippen molar-refractivity contribution in [1.82, 2.24) is 23.4 Å². The van der Waals surface area contributed by atoms with E-state index in [4.69, 9.17) is 4.74 Å². The van der Waals surface area contributed by atoms with Gasteiger partial charge in [0.1, 0.15) is 5.75 Å². The number of nitrogens with zero attached hydrogens (tertiary/aromatic N) is 4. The SMILES string of the molecule is CCC(CC)N1CCN(C(=O)[C@@H]2CC=CC3=C4C(=C4C(=O)NS(=O)(=O)N(C)C)Cn4c(cc5c(OC)ccc(C6CCCCC6)c54)C32)CC1. The number of methoxy groups -OCH3 is 1. The van der Waals surface area contributed by atoms with Gasteiger partial charge in [-0.3, -0.25) is 14.5 Å². The Morgan fingerprint density at radius 1 is 1.04 bits per heavy atom. The molecule has 2 atom stereocenters. The molecule has 264 valence electrons. The first-order chi connectivity index (χ1) is 23.6. The van der Waals surface area contributed by atoms with Gasteiger partial charge in [0.2, 0.25) is 5.91 Å². The minimum Gasteiger partial charge on any atom is -0.496 e. The van der Waals surface area contributed by atoms with Crippen molar-refractivity contribution in [1.29, 1.82) is 0 Å². The summed E-state index contributed by atoms with van der Waals surface area (Å²) in [7, 11) is 0.527. The van der Waals surface area contributed by atoms with Crippen LogP contribution >= 0.6 is 0 Å². The van der Waals surface area contributed by atoms with Gasteiger partial charge in [0, 0.05) is 69.9 Å². The van der Waals surface area contributed by atoms with Crippen LogP contribution in [0.3, 0.4) is 0 Å². The van der Waals surface area contributed by atoms with Crippen LogP contribution in [0.15, 0.2) is 52.6 Å². The molecule has 1 aromatic carbocycles. The third-order valence-corrected chi connectivity index (χ3v) is 13.2. The molecule has 1 saturated heterocycles. The van der Waals surface area contributed by atoms with Crippen molar-refractivity contribution in [3.05, 3.63) is 63.9 Å². The Balaban J connectivity index is 1.34. The van der Waals surface area contributed by atoms with Gasteiger partial charge in [-0.05, 0) is 72.4 Å². The summed E-state index contributed by atoms with van der Waals surface area (Å²) in [4.78, 5) is 32.9. The molecule has 2 aromatic rings. The Bertz CT molecular complexity index is 1850. The third kappa shape index (κ3) is 5.95. The van der Waals surface area contributed by atoms with Crippen molar-refractivity contribution in [2.75, 3.05) is 47.4 Å². The van der Waals surface area contributed by atoms with Crippen LogP contribution in [0.4, 0.5) is 0 Å². The van der Waals surface area contributed by atoms with E-state index < -0.39 is 16.1 Å². The average Bonchev–Trinajstić information content (AvgIpc) is 3.74. The molecule has 10 nitrogen and oxygen atoms in total. The van der Waals surface area contributed by atoms with Gasteiger partial charge >= 0.3 is 10.2 Å². The van der Waals surface area contributed by atoms with E-state index >= 15 is 0 Å². The fourth-order valence-corrected chi connectivity index (χ4v) is 9.63. The van der Waals surface area contributed by atoms with Crippen molar-refractivity contribution >= 4 is 32.9 Å². The minimum absolute atomic E-state index is 0.151. The molecule has 2 amide bonds. The maximum atomic E-state index is 14.6. The van der Waals surface area contributed by atoms with Crippen LogP contribution in [-0.4, -0.2) is 92.3 Å². The molecule has 1 aromatic heterocycles. The Kier molecular flexibility index (Phi) is 9.30. The second-order valence-corrected chi connectivity index (χ2v) is 16.5. The normalized spacial score (nSPS) is 23.1. The van der Waals surface area contributed by atoms with Gasteiger partial charge in [-0.25, -0.2) is 4.72 Å². The average molecular weight is 690 g/mol. The zero-order valence-corrected chi connectivity index (χ0v) is 30.4. The lowest BCUT2D eigenvalue weighted by atomic mass is 9.75. The maximum absolute atomic E-state index is 14.6. The van der Waals surface area contributed by atoms with Crippen molar-refractivity contribution in [3.63, 3.8) is 0 Å². The topological polar surface area (TPSA) is 104 Å². The summed E-state index contributed by atoms with van der Waals surface area (Å²) in [6, 6.07) is 7.07. The maximum Gasteiger partial charge on any atom is 0.303 e. The first-order valence-electron chi connectivity index (χ1n) is 18.2. The van der Waals surface area contributed by atoms with Gasteiger partial charge in [-0.15, -0.1) is 0 Å². The third-order valence-electron chi connectivity index (χ3n) is 11.8. The minimum atomic E-state index is -3.98. The van der Waals surface area contributed by atoms with Crippen LogP contribution in [-0.2, 0) is 26.3 Å². The highest BCUT2D eigenvalue weighted by molar-refractivity contribution is 7.87. The predicted molar refractivity (Wildman–Crippen MR) is 192 cm³/mol.